The number of allylic oxidation sites excluding steroid dienone is 1. The molecular weight excluding hydrogens is 261 g/mol. The van der Waals surface area contributed by atoms with Crippen LogP contribution in [0.1, 0.15) is 35.7 Å². The third-order valence-electron chi connectivity index (χ3n) is 3.20. The largest absolute Gasteiger partial charge is 0.465 e. The minimum Gasteiger partial charge on any atom is -0.465 e. The number of hydrogen-bond donors (Lipinski definition) is 0. The number of methoxy groups -OCH3 is 1. The van der Waals surface area contributed by atoms with Crippen molar-refractivity contribution in [1.29, 1.82) is 0 Å². The maximum Gasteiger partial charge on any atom is 0.340 e. The number of ether oxygens (including phenoxy) is 1. The highest BCUT2D eigenvalue weighted by Crippen LogP contribution is 2.29. The first-order valence-corrected chi connectivity index (χ1v) is 6.43. The fourth-order valence-electron chi connectivity index (χ4n) is 2.28. The number of hydrogen-bond acceptors (Lipinski definition) is 3. The van der Waals surface area contributed by atoms with Crippen molar-refractivity contribution in [1.82, 2.24) is 0 Å². The Labute approximate surface area is 116 Å². The molecule has 5 heteroatoms. The van der Waals surface area contributed by atoms with E-state index in [0.29, 0.717) is 24.9 Å². The van der Waals surface area contributed by atoms with Crippen LogP contribution in [0.5, 0.6) is 0 Å². The SMILES string of the molecule is C/C=C\c1cc(C(=O)OC)c(F)c(N2CCCC2=O)c1. The molecule has 1 fully saturated rings. The highest BCUT2D eigenvalue weighted by molar-refractivity contribution is 5.98. The Balaban J connectivity index is 2.57. The van der Waals surface area contributed by atoms with Crippen molar-refractivity contribution >= 4 is 23.6 Å². The zero-order valence-corrected chi connectivity index (χ0v) is 11.5. The molecular formula is C15H16FNO3. The first-order valence-electron chi connectivity index (χ1n) is 6.43. The van der Waals surface area contributed by atoms with Crippen LogP contribution in [0.15, 0.2) is 18.2 Å². The van der Waals surface area contributed by atoms with Crippen LogP contribution in [-0.2, 0) is 9.53 Å². The average molecular weight is 277 g/mol. The summed E-state index contributed by atoms with van der Waals surface area (Å²) < 4.78 is 19.0. The fraction of sp³-hybridized carbons (Fsp3) is 0.333. The highest BCUT2D eigenvalue weighted by Gasteiger charge is 2.27. The molecule has 1 amide bonds. The first kappa shape index (κ1) is 14.2. The van der Waals surface area contributed by atoms with E-state index in [1.165, 1.54) is 18.1 Å². The third kappa shape index (κ3) is 2.57. The molecule has 0 bridgehead atoms. The molecule has 1 aliphatic heterocycles. The normalized spacial score (nSPS) is 15.2. The van der Waals surface area contributed by atoms with E-state index >= 15 is 0 Å². The number of rotatable bonds is 3. The van der Waals surface area contributed by atoms with Crippen molar-refractivity contribution < 1.29 is 18.7 Å². The summed E-state index contributed by atoms with van der Waals surface area (Å²) in [6, 6.07) is 3.00. The Hall–Kier alpha value is -2.17. The lowest BCUT2D eigenvalue weighted by atomic mass is 10.1. The molecule has 4 nitrogen and oxygen atoms in total. The van der Waals surface area contributed by atoms with E-state index < -0.39 is 11.8 Å². The topological polar surface area (TPSA) is 46.6 Å². The van der Waals surface area contributed by atoms with E-state index in [1.807, 2.05) is 6.92 Å². The quantitative estimate of drug-likeness (QED) is 0.798. The fourth-order valence-corrected chi connectivity index (χ4v) is 2.28. The molecule has 0 saturated carbocycles. The molecule has 0 unspecified atom stereocenters. The Morgan fingerprint density at radius 3 is 2.75 bits per heavy atom. The second-order valence-electron chi connectivity index (χ2n) is 4.54. The molecule has 1 aliphatic rings. The predicted molar refractivity (Wildman–Crippen MR) is 74.0 cm³/mol. The predicted octanol–water partition coefficient (Wildman–Crippen LogP) is 2.77. The van der Waals surface area contributed by atoms with Gasteiger partial charge in [-0.25, -0.2) is 9.18 Å². The molecule has 1 aromatic carbocycles. The zero-order valence-electron chi connectivity index (χ0n) is 11.5. The number of amides is 1. The van der Waals surface area contributed by atoms with Gasteiger partial charge in [0.1, 0.15) is 0 Å². The molecule has 0 aliphatic carbocycles. The highest BCUT2D eigenvalue weighted by atomic mass is 19.1. The lowest BCUT2D eigenvalue weighted by Crippen LogP contribution is -2.25. The number of anilines is 1. The summed E-state index contributed by atoms with van der Waals surface area (Å²) in [5.74, 6) is -1.58. The number of carbonyl (C=O) groups excluding carboxylic acids is 2. The maximum absolute atomic E-state index is 14.4. The summed E-state index contributed by atoms with van der Waals surface area (Å²) in [4.78, 5) is 24.8. The molecule has 1 saturated heterocycles. The lowest BCUT2D eigenvalue weighted by Gasteiger charge is -2.18. The molecule has 20 heavy (non-hydrogen) atoms. The molecule has 0 aromatic heterocycles. The minimum absolute atomic E-state index is 0.127. The van der Waals surface area contributed by atoms with Gasteiger partial charge in [-0.1, -0.05) is 12.2 Å². The van der Waals surface area contributed by atoms with Gasteiger partial charge in [-0.05, 0) is 31.0 Å². The Morgan fingerprint density at radius 2 is 2.20 bits per heavy atom. The number of benzene rings is 1. The Bertz CT molecular complexity index is 581. The van der Waals surface area contributed by atoms with E-state index in [1.54, 1.807) is 18.2 Å². The van der Waals surface area contributed by atoms with Gasteiger partial charge in [0.2, 0.25) is 5.91 Å². The van der Waals surface area contributed by atoms with Crippen LogP contribution in [0.25, 0.3) is 6.08 Å². The first-order chi connectivity index (χ1) is 9.58. The van der Waals surface area contributed by atoms with Crippen molar-refractivity contribution in [2.75, 3.05) is 18.6 Å². The summed E-state index contributed by atoms with van der Waals surface area (Å²) >= 11 is 0. The number of carbonyl (C=O) groups is 2. The maximum atomic E-state index is 14.4. The summed E-state index contributed by atoms with van der Waals surface area (Å²) in [5.41, 5.74) is 0.644. The van der Waals surface area contributed by atoms with Crippen LogP contribution in [-0.4, -0.2) is 25.5 Å². The smallest absolute Gasteiger partial charge is 0.340 e. The van der Waals surface area contributed by atoms with Crippen LogP contribution in [0, 0.1) is 5.82 Å². The Kier molecular flexibility index (Phi) is 4.17. The van der Waals surface area contributed by atoms with Crippen LogP contribution in [0.3, 0.4) is 0 Å². The van der Waals surface area contributed by atoms with E-state index in [9.17, 15) is 14.0 Å². The van der Waals surface area contributed by atoms with Crippen molar-refractivity contribution in [2.45, 2.75) is 19.8 Å². The van der Waals surface area contributed by atoms with Crippen LogP contribution in [0.4, 0.5) is 10.1 Å². The van der Waals surface area contributed by atoms with E-state index in [-0.39, 0.29) is 17.2 Å². The summed E-state index contributed by atoms with van der Waals surface area (Å²) in [6.07, 6.45) is 4.63. The number of nitrogens with zero attached hydrogens (tertiary/aromatic N) is 1. The van der Waals surface area contributed by atoms with E-state index in [0.717, 1.165) is 0 Å². The third-order valence-corrected chi connectivity index (χ3v) is 3.20. The zero-order chi connectivity index (χ0) is 14.7. The van der Waals surface area contributed by atoms with Gasteiger partial charge < -0.3 is 9.64 Å². The molecule has 0 N–H and O–H groups in total. The molecule has 0 atom stereocenters. The number of halogens is 1. The van der Waals surface area contributed by atoms with Gasteiger partial charge in [-0.15, -0.1) is 0 Å². The second kappa shape index (κ2) is 5.86. The minimum atomic E-state index is -0.748. The Morgan fingerprint density at radius 1 is 1.45 bits per heavy atom. The molecule has 106 valence electrons. The molecule has 1 aromatic rings. The summed E-state index contributed by atoms with van der Waals surface area (Å²) in [7, 11) is 1.20. The van der Waals surface area contributed by atoms with Gasteiger partial charge >= 0.3 is 5.97 Å². The molecule has 2 rings (SSSR count). The molecule has 1 heterocycles. The van der Waals surface area contributed by atoms with Crippen molar-refractivity contribution in [3.63, 3.8) is 0 Å². The second-order valence-corrected chi connectivity index (χ2v) is 4.54. The van der Waals surface area contributed by atoms with E-state index in [4.69, 9.17) is 0 Å². The van der Waals surface area contributed by atoms with Gasteiger partial charge in [-0.2, -0.15) is 0 Å². The van der Waals surface area contributed by atoms with Gasteiger partial charge in [0.25, 0.3) is 0 Å². The van der Waals surface area contributed by atoms with E-state index in [2.05, 4.69) is 4.74 Å². The van der Waals surface area contributed by atoms with Crippen LogP contribution < -0.4 is 4.90 Å². The van der Waals surface area contributed by atoms with Gasteiger partial charge in [0.05, 0.1) is 18.4 Å². The standard InChI is InChI=1S/C15H16FNO3/c1-3-5-10-8-11(15(19)20-2)14(16)12(9-10)17-7-4-6-13(17)18/h3,5,8-9H,4,6-7H2,1-2H3/b5-3-. The molecule has 0 spiro atoms. The van der Waals surface area contributed by atoms with Gasteiger partial charge in [-0.3, -0.25) is 4.79 Å². The lowest BCUT2D eigenvalue weighted by molar-refractivity contribution is -0.117. The monoisotopic (exact) mass is 277 g/mol. The van der Waals surface area contributed by atoms with Gasteiger partial charge in [0.15, 0.2) is 5.82 Å². The van der Waals surface area contributed by atoms with Crippen LogP contribution >= 0.6 is 0 Å². The van der Waals surface area contributed by atoms with Crippen molar-refractivity contribution in [3.05, 3.63) is 35.2 Å². The van der Waals surface area contributed by atoms with Gasteiger partial charge in [0, 0.05) is 13.0 Å². The van der Waals surface area contributed by atoms with Crippen LogP contribution in [0.2, 0.25) is 0 Å². The van der Waals surface area contributed by atoms with Crippen molar-refractivity contribution in [2.24, 2.45) is 0 Å². The number of esters is 1. The summed E-state index contributed by atoms with van der Waals surface area (Å²) in [5, 5.41) is 0. The summed E-state index contributed by atoms with van der Waals surface area (Å²) in [6.45, 7) is 2.29. The van der Waals surface area contributed by atoms with Crippen molar-refractivity contribution in [3.8, 4) is 0 Å². The molecule has 0 radical (unpaired) electrons. The average Bonchev–Trinajstić information content (AvgIpc) is 2.86.